The lowest BCUT2D eigenvalue weighted by atomic mass is 9.94. The van der Waals surface area contributed by atoms with Gasteiger partial charge in [0.15, 0.2) is 0 Å². The number of rotatable bonds is 5. The molecule has 2 unspecified atom stereocenters. The Labute approximate surface area is 130 Å². The maximum atomic E-state index is 3.77. The molecule has 2 heteroatoms. The Kier molecular flexibility index (Phi) is 5.69. The largest absolute Gasteiger partial charge is 0.370 e. The molecule has 2 atom stereocenters. The minimum atomic E-state index is 0.633. The van der Waals surface area contributed by atoms with Crippen LogP contribution < -0.4 is 10.2 Å². The molecule has 2 rings (SSSR count). The SMILES string of the molecule is Cc1ccc(N2CC(C)CC(NCCC(C)C)C2)cc1C. The predicted molar refractivity (Wildman–Crippen MR) is 93.2 cm³/mol. The van der Waals surface area contributed by atoms with Crippen LogP contribution >= 0.6 is 0 Å². The van der Waals surface area contributed by atoms with Gasteiger partial charge in [-0.05, 0) is 68.3 Å². The summed E-state index contributed by atoms with van der Waals surface area (Å²) in [5.41, 5.74) is 4.17. The second kappa shape index (κ2) is 7.31. The number of piperidine rings is 1. The highest BCUT2D eigenvalue weighted by Gasteiger charge is 2.24. The van der Waals surface area contributed by atoms with Crippen LogP contribution in [0.15, 0.2) is 18.2 Å². The fraction of sp³-hybridized carbons (Fsp3) is 0.684. The number of hydrogen-bond acceptors (Lipinski definition) is 2. The Morgan fingerprint density at radius 3 is 2.62 bits per heavy atom. The first-order chi connectivity index (χ1) is 9.95. The van der Waals surface area contributed by atoms with E-state index in [2.05, 4.69) is 63.0 Å². The average molecular weight is 288 g/mol. The molecular formula is C19H32N2. The van der Waals surface area contributed by atoms with E-state index in [4.69, 9.17) is 0 Å². The molecule has 118 valence electrons. The first kappa shape index (κ1) is 16.4. The Hall–Kier alpha value is -1.02. The van der Waals surface area contributed by atoms with E-state index >= 15 is 0 Å². The smallest absolute Gasteiger partial charge is 0.0369 e. The summed E-state index contributed by atoms with van der Waals surface area (Å²) in [6.07, 6.45) is 2.58. The van der Waals surface area contributed by atoms with Crippen molar-refractivity contribution in [1.29, 1.82) is 0 Å². The molecule has 1 N–H and O–H groups in total. The highest BCUT2D eigenvalue weighted by atomic mass is 15.2. The minimum absolute atomic E-state index is 0.633. The van der Waals surface area contributed by atoms with Gasteiger partial charge < -0.3 is 10.2 Å². The average Bonchev–Trinajstić information content (AvgIpc) is 2.41. The molecule has 0 amide bonds. The highest BCUT2D eigenvalue weighted by Crippen LogP contribution is 2.25. The van der Waals surface area contributed by atoms with E-state index in [1.165, 1.54) is 36.2 Å². The topological polar surface area (TPSA) is 15.3 Å². The van der Waals surface area contributed by atoms with Crippen LogP contribution in [0, 0.1) is 25.7 Å². The maximum absolute atomic E-state index is 3.77. The van der Waals surface area contributed by atoms with E-state index in [1.54, 1.807) is 0 Å². The standard InChI is InChI=1S/C19H32N2/c1-14(2)8-9-20-18-10-15(3)12-21(13-18)19-7-6-16(4)17(5)11-19/h6-7,11,14-15,18,20H,8-10,12-13H2,1-5H3. The molecule has 1 fully saturated rings. The molecule has 1 aromatic carbocycles. The fourth-order valence-corrected chi connectivity index (χ4v) is 3.21. The molecule has 0 spiro atoms. The Balaban J connectivity index is 1.98. The summed E-state index contributed by atoms with van der Waals surface area (Å²) >= 11 is 0. The van der Waals surface area contributed by atoms with E-state index in [-0.39, 0.29) is 0 Å². The van der Waals surface area contributed by atoms with Gasteiger partial charge >= 0.3 is 0 Å². The lowest BCUT2D eigenvalue weighted by Gasteiger charge is -2.38. The summed E-state index contributed by atoms with van der Waals surface area (Å²) in [4.78, 5) is 2.56. The van der Waals surface area contributed by atoms with Crippen molar-refractivity contribution in [2.24, 2.45) is 11.8 Å². The second-order valence-electron chi connectivity index (χ2n) is 7.35. The van der Waals surface area contributed by atoms with E-state index in [1.807, 2.05) is 0 Å². The van der Waals surface area contributed by atoms with Crippen molar-refractivity contribution in [3.63, 3.8) is 0 Å². The normalized spacial score (nSPS) is 22.9. The molecule has 0 bridgehead atoms. The van der Waals surface area contributed by atoms with Crippen molar-refractivity contribution < 1.29 is 0 Å². The number of nitrogens with zero attached hydrogens (tertiary/aromatic N) is 1. The first-order valence-corrected chi connectivity index (χ1v) is 8.51. The number of aryl methyl sites for hydroxylation is 2. The van der Waals surface area contributed by atoms with Gasteiger partial charge in [-0.1, -0.05) is 26.8 Å². The van der Waals surface area contributed by atoms with E-state index in [9.17, 15) is 0 Å². The molecule has 1 aromatic rings. The predicted octanol–water partition coefficient (Wildman–Crippen LogP) is 4.15. The van der Waals surface area contributed by atoms with Gasteiger partial charge in [-0.15, -0.1) is 0 Å². The molecule has 0 radical (unpaired) electrons. The van der Waals surface area contributed by atoms with Crippen LogP contribution in [0.25, 0.3) is 0 Å². The number of benzene rings is 1. The zero-order valence-electron chi connectivity index (χ0n) is 14.4. The maximum Gasteiger partial charge on any atom is 0.0369 e. The van der Waals surface area contributed by atoms with Gasteiger partial charge in [-0.3, -0.25) is 0 Å². The number of hydrogen-bond donors (Lipinski definition) is 1. The van der Waals surface area contributed by atoms with Crippen LogP contribution in [-0.2, 0) is 0 Å². The third kappa shape index (κ3) is 4.74. The zero-order valence-corrected chi connectivity index (χ0v) is 14.4. The van der Waals surface area contributed by atoms with Gasteiger partial charge in [-0.25, -0.2) is 0 Å². The van der Waals surface area contributed by atoms with Gasteiger partial charge in [0.2, 0.25) is 0 Å². The van der Waals surface area contributed by atoms with Crippen molar-refractivity contribution in [3.8, 4) is 0 Å². The Morgan fingerprint density at radius 2 is 1.95 bits per heavy atom. The molecule has 0 saturated carbocycles. The van der Waals surface area contributed by atoms with Gasteiger partial charge in [0.25, 0.3) is 0 Å². The number of nitrogens with one attached hydrogen (secondary N) is 1. The molecule has 0 aliphatic carbocycles. The van der Waals surface area contributed by atoms with E-state index < -0.39 is 0 Å². The summed E-state index contributed by atoms with van der Waals surface area (Å²) in [6, 6.07) is 7.52. The van der Waals surface area contributed by atoms with Crippen LogP contribution in [0.3, 0.4) is 0 Å². The third-order valence-corrected chi connectivity index (χ3v) is 4.67. The van der Waals surface area contributed by atoms with Gasteiger partial charge in [0.05, 0.1) is 0 Å². The van der Waals surface area contributed by atoms with Gasteiger partial charge in [0.1, 0.15) is 0 Å². The van der Waals surface area contributed by atoms with Crippen LogP contribution in [0.4, 0.5) is 5.69 Å². The molecule has 1 heterocycles. The van der Waals surface area contributed by atoms with Crippen molar-refractivity contribution in [3.05, 3.63) is 29.3 Å². The fourth-order valence-electron chi connectivity index (χ4n) is 3.21. The first-order valence-electron chi connectivity index (χ1n) is 8.51. The summed E-state index contributed by atoms with van der Waals surface area (Å²) < 4.78 is 0. The van der Waals surface area contributed by atoms with E-state index in [0.29, 0.717) is 6.04 Å². The van der Waals surface area contributed by atoms with Gasteiger partial charge in [0, 0.05) is 24.8 Å². The lowest BCUT2D eigenvalue weighted by Crippen LogP contribution is -2.49. The molecule has 2 nitrogen and oxygen atoms in total. The summed E-state index contributed by atoms with van der Waals surface area (Å²) in [7, 11) is 0. The van der Waals surface area contributed by atoms with Gasteiger partial charge in [-0.2, -0.15) is 0 Å². The molecule has 0 aromatic heterocycles. The minimum Gasteiger partial charge on any atom is -0.370 e. The summed E-state index contributed by atoms with van der Waals surface area (Å²) in [5.74, 6) is 1.55. The van der Waals surface area contributed by atoms with Crippen molar-refractivity contribution in [2.45, 2.75) is 53.5 Å². The Bertz CT molecular complexity index is 453. The van der Waals surface area contributed by atoms with Crippen molar-refractivity contribution in [1.82, 2.24) is 5.32 Å². The monoisotopic (exact) mass is 288 g/mol. The van der Waals surface area contributed by atoms with Crippen LogP contribution in [0.2, 0.25) is 0 Å². The quantitative estimate of drug-likeness (QED) is 0.875. The molecule has 1 saturated heterocycles. The van der Waals surface area contributed by atoms with E-state index in [0.717, 1.165) is 24.9 Å². The molecule has 1 aliphatic rings. The number of anilines is 1. The van der Waals surface area contributed by atoms with Crippen molar-refractivity contribution >= 4 is 5.69 Å². The summed E-state index contributed by atoms with van der Waals surface area (Å²) in [5, 5.41) is 3.77. The third-order valence-electron chi connectivity index (χ3n) is 4.67. The highest BCUT2D eigenvalue weighted by molar-refractivity contribution is 5.51. The summed E-state index contributed by atoms with van der Waals surface area (Å²) in [6.45, 7) is 14.9. The molecule has 1 aliphatic heterocycles. The van der Waals surface area contributed by atoms with Crippen LogP contribution in [0.5, 0.6) is 0 Å². The van der Waals surface area contributed by atoms with Crippen molar-refractivity contribution in [2.75, 3.05) is 24.5 Å². The van der Waals surface area contributed by atoms with Crippen LogP contribution in [-0.4, -0.2) is 25.7 Å². The second-order valence-corrected chi connectivity index (χ2v) is 7.35. The lowest BCUT2D eigenvalue weighted by molar-refractivity contribution is 0.344. The van der Waals surface area contributed by atoms with Crippen LogP contribution in [0.1, 0.15) is 44.7 Å². The zero-order chi connectivity index (χ0) is 15.4. The Morgan fingerprint density at radius 1 is 1.19 bits per heavy atom. The molecular weight excluding hydrogens is 256 g/mol. The molecule has 21 heavy (non-hydrogen) atoms.